The molecule has 6 heteroatoms. The number of nitrogens with two attached hydrogens (primary N) is 1. The van der Waals surface area contributed by atoms with Crippen LogP contribution in [0.25, 0.3) is 0 Å². The maximum Gasteiger partial charge on any atom is 0.227 e. The molecule has 0 aliphatic heterocycles. The third-order valence-electron chi connectivity index (χ3n) is 4.19. The van der Waals surface area contributed by atoms with Crippen molar-refractivity contribution in [1.82, 2.24) is 15.0 Å². The van der Waals surface area contributed by atoms with Crippen molar-refractivity contribution < 1.29 is 4.39 Å². The Morgan fingerprint density at radius 2 is 2.09 bits per heavy atom. The summed E-state index contributed by atoms with van der Waals surface area (Å²) in [6, 6.07) is 8.48. The van der Waals surface area contributed by atoms with E-state index in [9.17, 15) is 4.39 Å². The first-order valence-electron chi connectivity index (χ1n) is 7.51. The Morgan fingerprint density at radius 3 is 2.86 bits per heavy atom. The summed E-state index contributed by atoms with van der Waals surface area (Å²) >= 11 is 0. The number of nitrogens with one attached hydrogen (secondary N) is 1. The lowest BCUT2D eigenvalue weighted by Gasteiger charge is -2.17. The summed E-state index contributed by atoms with van der Waals surface area (Å²) in [5.74, 6) is 1.37. The van der Waals surface area contributed by atoms with Crippen LogP contribution in [0.15, 0.2) is 24.3 Å². The van der Waals surface area contributed by atoms with Gasteiger partial charge in [0.05, 0.1) is 0 Å². The van der Waals surface area contributed by atoms with Crippen molar-refractivity contribution in [3.8, 4) is 0 Å². The molecular weight excluding hydrogens is 281 g/mol. The van der Waals surface area contributed by atoms with E-state index in [4.69, 9.17) is 5.73 Å². The molecule has 0 bridgehead atoms. The van der Waals surface area contributed by atoms with Gasteiger partial charge >= 0.3 is 0 Å². The lowest BCUT2D eigenvalue weighted by Crippen LogP contribution is -2.18. The minimum Gasteiger partial charge on any atom is -0.368 e. The quantitative estimate of drug-likeness (QED) is 0.908. The maximum atomic E-state index is 13.4. The number of alkyl halides is 1. The summed E-state index contributed by atoms with van der Waals surface area (Å²) < 4.78 is 13.4. The van der Waals surface area contributed by atoms with E-state index in [2.05, 4.69) is 51.5 Å². The van der Waals surface area contributed by atoms with Crippen molar-refractivity contribution in [2.75, 3.05) is 17.6 Å². The predicted octanol–water partition coefficient (Wildman–Crippen LogP) is 2.87. The molecule has 3 N–H and O–H groups in total. The summed E-state index contributed by atoms with van der Waals surface area (Å²) in [4.78, 5) is 11.9. The number of aromatic nitrogens is 3. The van der Waals surface area contributed by atoms with Crippen LogP contribution in [0.5, 0.6) is 0 Å². The van der Waals surface area contributed by atoms with Crippen molar-refractivity contribution in [1.29, 1.82) is 0 Å². The largest absolute Gasteiger partial charge is 0.368 e. The van der Waals surface area contributed by atoms with Crippen LogP contribution < -0.4 is 11.1 Å². The average Bonchev–Trinajstić information content (AvgIpc) is 2.80. The van der Waals surface area contributed by atoms with Crippen molar-refractivity contribution >= 4 is 11.9 Å². The highest BCUT2D eigenvalue weighted by molar-refractivity contribution is 5.39. The molecule has 1 aromatic heterocycles. The zero-order chi connectivity index (χ0) is 15.7. The van der Waals surface area contributed by atoms with Gasteiger partial charge in [0, 0.05) is 12.5 Å². The lowest BCUT2D eigenvalue weighted by molar-refractivity contribution is 0.356. The number of fused-ring (bicyclic) bond motifs is 1. The smallest absolute Gasteiger partial charge is 0.227 e. The van der Waals surface area contributed by atoms with Gasteiger partial charge in [-0.2, -0.15) is 15.0 Å². The van der Waals surface area contributed by atoms with Gasteiger partial charge in [-0.3, -0.25) is 0 Å². The van der Waals surface area contributed by atoms with Crippen molar-refractivity contribution in [2.45, 2.75) is 32.4 Å². The molecule has 0 unspecified atom stereocenters. The molecule has 1 heterocycles. The topological polar surface area (TPSA) is 76.7 Å². The Morgan fingerprint density at radius 1 is 1.32 bits per heavy atom. The molecule has 2 aromatic rings. The van der Waals surface area contributed by atoms with Crippen LogP contribution in [0.1, 0.15) is 42.9 Å². The van der Waals surface area contributed by atoms with Crippen molar-refractivity contribution in [3.05, 3.63) is 41.2 Å². The third-order valence-corrected chi connectivity index (χ3v) is 4.19. The SMILES string of the molecule is C[C@@H](F)c1nc(N)nc(NC[C@H]2c3ccccc3C[C@@H]2C)n1. The van der Waals surface area contributed by atoms with Gasteiger partial charge in [-0.15, -0.1) is 0 Å². The molecule has 116 valence electrons. The number of nitrogen functional groups attached to an aromatic ring is 1. The molecule has 0 radical (unpaired) electrons. The fraction of sp³-hybridized carbons (Fsp3) is 0.438. The predicted molar refractivity (Wildman–Crippen MR) is 84.3 cm³/mol. The minimum atomic E-state index is -1.27. The molecule has 0 amide bonds. The standard InChI is InChI=1S/C16H20FN5/c1-9-7-11-5-3-4-6-12(11)13(9)8-19-16-21-14(10(2)17)20-15(18)22-16/h3-6,9-10,13H,7-8H2,1-2H3,(H3,18,19,20,21,22)/t9-,10+,13+/m0/s1. The molecule has 22 heavy (non-hydrogen) atoms. The second kappa shape index (κ2) is 5.87. The zero-order valence-corrected chi connectivity index (χ0v) is 12.8. The van der Waals surface area contributed by atoms with Gasteiger partial charge in [-0.25, -0.2) is 4.39 Å². The Kier molecular flexibility index (Phi) is 3.92. The summed E-state index contributed by atoms with van der Waals surface area (Å²) in [6.07, 6.45) is -0.189. The monoisotopic (exact) mass is 301 g/mol. The van der Waals surface area contributed by atoms with Crippen molar-refractivity contribution in [3.63, 3.8) is 0 Å². The van der Waals surface area contributed by atoms with Gasteiger partial charge in [0.25, 0.3) is 0 Å². The molecule has 0 fully saturated rings. The van der Waals surface area contributed by atoms with Crippen LogP contribution in [0.2, 0.25) is 0 Å². The van der Waals surface area contributed by atoms with Crippen LogP contribution in [-0.2, 0) is 6.42 Å². The van der Waals surface area contributed by atoms with Crippen LogP contribution in [0.3, 0.4) is 0 Å². The Balaban J connectivity index is 1.76. The molecule has 1 aliphatic carbocycles. The molecule has 0 spiro atoms. The van der Waals surface area contributed by atoms with Crippen LogP contribution in [0, 0.1) is 5.92 Å². The van der Waals surface area contributed by atoms with E-state index in [1.54, 1.807) is 0 Å². The van der Waals surface area contributed by atoms with Crippen LogP contribution in [0.4, 0.5) is 16.3 Å². The summed E-state index contributed by atoms with van der Waals surface area (Å²) in [7, 11) is 0. The highest BCUT2D eigenvalue weighted by Crippen LogP contribution is 2.37. The van der Waals surface area contributed by atoms with Gasteiger partial charge in [0.15, 0.2) is 12.0 Å². The number of rotatable bonds is 4. The molecule has 3 atom stereocenters. The summed E-state index contributed by atoms with van der Waals surface area (Å²) in [5.41, 5.74) is 8.38. The van der Waals surface area contributed by atoms with E-state index < -0.39 is 6.17 Å². The Hall–Kier alpha value is -2.24. The second-order valence-electron chi connectivity index (χ2n) is 5.86. The average molecular weight is 301 g/mol. The van der Waals surface area contributed by atoms with E-state index in [0.717, 1.165) is 6.42 Å². The van der Waals surface area contributed by atoms with E-state index >= 15 is 0 Å². The van der Waals surface area contributed by atoms with E-state index in [1.807, 2.05) is 0 Å². The lowest BCUT2D eigenvalue weighted by atomic mass is 9.94. The fourth-order valence-corrected chi connectivity index (χ4v) is 3.06. The van der Waals surface area contributed by atoms with Gasteiger partial charge in [-0.1, -0.05) is 31.2 Å². The normalized spacial score (nSPS) is 21.4. The maximum absolute atomic E-state index is 13.4. The first-order valence-corrected chi connectivity index (χ1v) is 7.51. The van der Waals surface area contributed by atoms with Gasteiger partial charge in [0.2, 0.25) is 11.9 Å². The molecule has 1 aromatic carbocycles. The number of hydrogen-bond acceptors (Lipinski definition) is 5. The third kappa shape index (κ3) is 2.86. The number of halogens is 1. The van der Waals surface area contributed by atoms with E-state index in [-0.39, 0.29) is 11.8 Å². The summed E-state index contributed by atoms with van der Waals surface area (Å²) in [6.45, 7) is 4.32. The number of benzene rings is 1. The van der Waals surface area contributed by atoms with Gasteiger partial charge in [0.1, 0.15) is 0 Å². The van der Waals surface area contributed by atoms with Gasteiger partial charge < -0.3 is 11.1 Å². The Bertz CT molecular complexity index is 673. The van der Waals surface area contributed by atoms with E-state index in [0.29, 0.717) is 24.3 Å². The highest BCUT2D eigenvalue weighted by Gasteiger charge is 2.28. The number of nitrogens with zero attached hydrogens (tertiary/aromatic N) is 3. The van der Waals surface area contributed by atoms with Crippen LogP contribution >= 0.6 is 0 Å². The highest BCUT2D eigenvalue weighted by atomic mass is 19.1. The Labute approximate surface area is 129 Å². The minimum absolute atomic E-state index is 0.0388. The number of anilines is 2. The van der Waals surface area contributed by atoms with Crippen LogP contribution in [-0.4, -0.2) is 21.5 Å². The molecule has 0 saturated carbocycles. The molecule has 0 saturated heterocycles. The molecule has 3 rings (SSSR count). The zero-order valence-electron chi connectivity index (χ0n) is 12.8. The molecule has 1 aliphatic rings. The summed E-state index contributed by atoms with van der Waals surface area (Å²) in [5, 5.41) is 3.19. The van der Waals surface area contributed by atoms with Gasteiger partial charge in [-0.05, 0) is 30.4 Å². The fourth-order valence-electron chi connectivity index (χ4n) is 3.06. The molecular formula is C16H20FN5. The number of hydrogen-bond donors (Lipinski definition) is 2. The van der Waals surface area contributed by atoms with Crippen molar-refractivity contribution in [2.24, 2.45) is 5.92 Å². The molecule has 5 nitrogen and oxygen atoms in total. The second-order valence-corrected chi connectivity index (χ2v) is 5.86. The van der Waals surface area contributed by atoms with E-state index in [1.165, 1.54) is 18.1 Å². The first kappa shape index (κ1) is 14.7. The first-order chi connectivity index (χ1) is 10.5.